The third-order valence-corrected chi connectivity index (χ3v) is 6.29. The van der Waals surface area contributed by atoms with Crippen molar-refractivity contribution in [1.29, 1.82) is 0 Å². The summed E-state index contributed by atoms with van der Waals surface area (Å²) in [6.07, 6.45) is 1.75. The number of hydrogen-bond donors (Lipinski definition) is 2. The van der Waals surface area contributed by atoms with Crippen molar-refractivity contribution in [3.8, 4) is 11.3 Å². The molecule has 0 radical (unpaired) electrons. The van der Waals surface area contributed by atoms with Crippen molar-refractivity contribution in [3.05, 3.63) is 51.1 Å². The number of rotatable bonds is 3. The predicted octanol–water partition coefficient (Wildman–Crippen LogP) is 2.85. The van der Waals surface area contributed by atoms with Crippen LogP contribution < -0.4 is 5.32 Å². The van der Waals surface area contributed by atoms with Crippen LogP contribution in [0.4, 0.5) is 5.69 Å². The number of H-pyrrole nitrogens is 1. The monoisotopic (exact) mass is 395 g/mol. The van der Waals surface area contributed by atoms with E-state index in [1.807, 2.05) is 24.3 Å². The van der Waals surface area contributed by atoms with Gasteiger partial charge >= 0.3 is 0 Å². The van der Waals surface area contributed by atoms with Crippen molar-refractivity contribution in [2.24, 2.45) is 0 Å². The summed E-state index contributed by atoms with van der Waals surface area (Å²) in [5, 5.41) is 11.1. The van der Waals surface area contributed by atoms with Gasteiger partial charge in [-0.2, -0.15) is 5.10 Å². The number of carbonyl (C=O) groups is 1. The van der Waals surface area contributed by atoms with Crippen LogP contribution >= 0.6 is 11.3 Å². The molecule has 144 valence electrons. The highest BCUT2D eigenvalue weighted by molar-refractivity contribution is 7.13. The minimum atomic E-state index is -0.161. The molecule has 7 nitrogen and oxygen atoms in total. The molecule has 0 saturated heterocycles. The maximum atomic E-state index is 12.7. The fraction of sp³-hybridized carbons (Fsp3) is 0.350. The number of anilines is 1. The molecule has 0 unspecified atom stereocenters. The smallest absolute Gasteiger partial charge is 0.284 e. The standard InChI is InChI=1S/C20H21N5O2S/c1-25-7-5-16-17(10-25)28-20(22-16)19(26)21-13-4-2-3-12(9-13)18-14-11-27-8-6-15(14)23-24-18/h2-4,9H,5-8,10-11H2,1H3,(H,21,26)(H,23,24). The third-order valence-electron chi connectivity index (χ3n) is 5.21. The number of aromatic amines is 1. The summed E-state index contributed by atoms with van der Waals surface area (Å²) in [5.74, 6) is -0.161. The van der Waals surface area contributed by atoms with E-state index in [0.29, 0.717) is 11.6 Å². The Labute approximate surface area is 166 Å². The van der Waals surface area contributed by atoms with Crippen molar-refractivity contribution in [1.82, 2.24) is 20.1 Å². The highest BCUT2D eigenvalue weighted by Crippen LogP contribution is 2.29. The zero-order chi connectivity index (χ0) is 19.1. The molecule has 0 aliphatic carbocycles. The van der Waals surface area contributed by atoms with Gasteiger partial charge in [0.1, 0.15) is 0 Å². The van der Waals surface area contributed by atoms with E-state index in [9.17, 15) is 4.79 Å². The maximum absolute atomic E-state index is 12.7. The SMILES string of the molecule is CN1CCc2nc(C(=O)Nc3cccc(-c4n[nH]c5c4COCC5)c3)sc2C1. The summed E-state index contributed by atoms with van der Waals surface area (Å²) < 4.78 is 5.58. The van der Waals surface area contributed by atoms with Crippen LogP contribution in [-0.2, 0) is 30.7 Å². The zero-order valence-electron chi connectivity index (χ0n) is 15.6. The molecule has 0 saturated carbocycles. The maximum Gasteiger partial charge on any atom is 0.284 e. The van der Waals surface area contributed by atoms with Gasteiger partial charge < -0.3 is 15.0 Å². The number of hydrogen-bond acceptors (Lipinski definition) is 6. The normalized spacial score (nSPS) is 16.5. The van der Waals surface area contributed by atoms with Gasteiger partial charge in [0.25, 0.3) is 5.91 Å². The van der Waals surface area contributed by atoms with Crippen molar-refractivity contribution in [2.75, 3.05) is 25.5 Å². The first-order valence-corrected chi connectivity index (χ1v) is 10.2. The average Bonchev–Trinajstić information content (AvgIpc) is 3.32. The Kier molecular flexibility index (Phi) is 4.46. The fourth-order valence-electron chi connectivity index (χ4n) is 3.70. The Morgan fingerprint density at radius 2 is 2.29 bits per heavy atom. The van der Waals surface area contributed by atoms with Crippen LogP contribution in [0.25, 0.3) is 11.3 Å². The lowest BCUT2D eigenvalue weighted by molar-refractivity contribution is 0.102. The molecule has 2 aliphatic rings. The Morgan fingerprint density at radius 1 is 1.36 bits per heavy atom. The van der Waals surface area contributed by atoms with Gasteiger partial charge in [-0.3, -0.25) is 9.89 Å². The predicted molar refractivity (Wildman–Crippen MR) is 107 cm³/mol. The minimum Gasteiger partial charge on any atom is -0.376 e. The Morgan fingerprint density at radius 3 is 3.21 bits per heavy atom. The van der Waals surface area contributed by atoms with Crippen LogP contribution in [0.5, 0.6) is 0 Å². The topological polar surface area (TPSA) is 83.1 Å². The second-order valence-corrected chi connectivity index (χ2v) is 8.33. The van der Waals surface area contributed by atoms with Gasteiger partial charge in [0.2, 0.25) is 0 Å². The fourth-order valence-corrected chi connectivity index (χ4v) is 4.78. The molecule has 5 rings (SSSR count). The Bertz CT molecular complexity index is 1040. The van der Waals surface area contributed by atoms with E-state index in [0.717, 1.165) is 66.4 Å². The van der Waals surface area contributed by atoms with Gasteiger partial charge in [0.05, 0.1) is 24.6 Å². The van der Waals surface area contributed by atoms with Gasteiger partial charge in [-0.05, 0) is 19.2 Å². The van der Waals surface area contributed by atoms with E-state index in [2.05, 4.69) is 32.4 Å². The lowest BCUT2D eigenvalue weighted by Crippen LogP contribution is -2.25. The van der Waals surface area contributed by atoms with E-state index in [-0.39, 0.29) is 5.91 Å². The van der Waals surface area contributed by atoms with Crippen molar-refractivity contribution >= 4 is 22.9 Å². The summed E-state index contributed by atoms with van der Waals surface area (Å²) >= 11 is 1.49. The van der Waals surface area contributed by atoms with Crippen molar-refractivity contribution in [2.45, 2.75) is 26.0 Å². The molecule has 3 aromatic rings. The van der Waals surface area contributed by atoms with E-state index < -0.39 is 0 Å². The number of nitrogens with one attached hydrogen (secondary N) is 2. The molecule has 2 N–H and O–H groups in total. The number of amides is 1. The summed E-state index contributed by atoms with van der Waals surface area (Å²) in [6.45, 7) is 3.13. The number of thiazole rings is 1. The lowest BCUT2D eigenvalue weighted by Gasteiger charge is -2.20. The summed E-state index contributed by atoms with van der Waals surface area (Å²) in [5.41, 5.74) is 5.88. The molecule has 2 aliphatic heterocycles. The number of fused-ring (bicyclic) bond motifs is 2. The van der Waals surface area contributed by atoms with Crippen LogP contribution in [0.3, 0.4) is 0 Å². The van der Waals surface area contributed by atoms with Crippen LogP contribution in [0, 0.1) is 0 Å². The molecule has 2 aromatic heterocycles. The second kappa shape index (κ2) is 7.12. The quantitative estimate of drug-likeness (QED) is 0.713. The number of benzene rings is 1. The van der Waals surface area contributed by atoms with Crippen molar-refractivity contribution in [3.63, 3.8) is 0 Å². The van der Waals surface area contributed by atoms with Crippen LogP contribution in [0.15, 0.2) is 24.3 Å². The van der Waals surface area contributed by atoms with Gasteiger partial charge in [0, 0.05) is 53.3 Å². The molecule has 0 fully saturated rings. The van der Waals surface area contributed by atoms with E-state index in [1.54, 1.807) is 0 Å². The first-order valence-electron chi connectivity index (χ1n) is 9.40. The molecule has 28 heavy (non-hydrogen) atoms. The largest absolute Gasteiger partial charge is 0.376 e. The van der Waals surface area contributed by atoms with Crippen LogP contribution in [0.2, 0.25) is 0 Å². The minimum absolute atomic E-state index is 0.161. The van der Waals surface area contributed by atoms with E-state index in [4.69, 9.17) is 4.74 Å². The number of nitrogens with zero attached hydrogens (tertiary/aromatic N) is 3. The number of carbonyl (C=O) groups excluding carboxylic acids is 1. The third kappa shape index (κ3) is 3.23. The highest BCUT2D eigenvalue weighted by Gasteiger charge is 2.22. The molecule has 0 spiro atoms. The van der Waals surface area contributed by atoms with Gasteiger partial charge in [-0.15, -0.1) is 11.3 Å². The molecule has 0 bridgehead atoms. The van der Waals surface area contributed by atoms with E-state index >= 15 is 0 Å². The lowest BCUT2D eigenvalue weighted by atomic mass is 10.0. The van der Waals surface area contributed by atoms with Gasteiger partial charge in [-0.25, -0.2) is 4.98 Å². The number of aromatic nitrogens is 3. The molecule has 8 heteroatoms. The van der Waals surface area contributed by atoms with Gasteiger partial charge in [0.15, 0.2) is 5.01 Å². The molecule has 4 heterocycles. The van der Waals surface area contributed by atoms with Crippen LogP contribution in [-0.4, -0.2) is 46.2 Å². The first kappa shape index (κ1) is 17.5. The highest BCUT2D eigenvalue weighted by atomic mass is 32.1. The average molecular weight is 395 g/mol. The Hall–Kier alpha value is -2.55. The zero-order valence-corrected chi connectivity index (χ0v) is 16.4. The Balaban J connectivity index is 1.37. The molecular formula is C20H21N5O2S. The summed E-state index contributed by atoms with van der Waals surface area (Å²) in [6, 6.07) is 7.76. The number of likely N-dealkylation sites (N-methyl/N-ethyl adjacent to an activating group) is 1. The summed E-state index contributed by atoms with van der Waals surface area (Å²) in [4.78, 5) is 20.7. The number of ether oxygens (including phenoxy) is 1. The first-order chi connectivity index (χ1) is 13.7. The van der Waals surface area contributed by atoms with Crippen LogP contribution in [0.1, 0.15) is 31.6 Å². The molecule has 1 aromatic carbocycles. The molecular weight excluding hydrogens is 374 g/mol. The van der Waals surface area contributed by atoms with Gasteiger partial charge in [-0.1, -0.05) is 12.1 Å². The van der Waals surface area contributed by atoms with E-state index in [1.165, 1.54) is 16.2 Å². The van der Waals surface area contributed by atoms with Crippen molar-refractivity contribution < 1.29 is 9.53 Å². The molecule has 1 amide bonds. The second-order valence-electron chi connectivity index (χ2n) is 7.24. The summed E-state index contributed by atoms with van der Waals surface area (Å²) in [7, 11) is 2.09. The molecule has 0 atom stereocenters.